The van der Waals surface area contributed by atoms with E-state index in [1.807, 2.05) is 6.07 Å². The van der Waals surface area contributed by atoms with E-state index >= 15 is 0 Å². The highest BCUT2D eigenvalue weighted by Crippen LogP contribution is 2.42. The molecule has 0 radical (unpaired) electrons. The number of anilines is 2. The topological polar surface area (TPSA) is 97.8 Å². The van der Waals surface area contributed by atoms with E-state index in [1.165, 1.54) is 10.5 Å². The molecule has 8 nitrogen and oxygen atoms in total. The molecule has 1 atom stereocenters. The Labute approximate surface area is 182 Å². The van der Waals surface area contributed by atoms with Crippen LogP contribution in [0.3, 0.4) is 0 Å². The predicted octanol–water partition coefficient (Wildman–Crippen LogP) is 4.28. The highest BCUT2D eigenvalue weighted by molar-refractivity contribution is 7.92. The first-order chi connectivity index (χ1) is 14.5. The van der Waals surface area contributed by atoms with E-state index < -0.39 is 21.7 Å². The van der Waals surface area contributed by atoms with Crippen molar-refractivity contribution in [1.82, 2.24) is 4.98 Å². The maximum atomic E-state index is 13.5. The fourth-order valence-electron chi connectivity index (χ4n) is 3.46. The van der Waals surface area contributed by atoms with Crippen LogP contribution >= 0.6 is 0 Å². The Kier molecular flexibility index (Phi) is 5.33. The number of nitrogens with zero attached hydrogens (tertiary/aromatic N) is 2. The van der Waals surface area contributed by atoms with Crippen molar-refractivity contribution in [2.75, 3.05) is 16.2 Å². The van der Waals surface area contributed by atoms with Crippen LogP contribution in [-0.4, -0.2) is 37.7 Å². The number of aromatic nitrogens is 1. The Hall–Kier alpha value is -2.81. The molecule has 1 saturated carbocycles. The van der Waals surface area contributed by atoms with Crippen LogP contribution in [-0.2, 0) is 14.8 Å². The molecule has 1 unspecified atom stereocenters. The van der Waals surface area contributed by atoms with Gasteiger partial charge in [0.05, 0.1) is 23.3 Å². The largest absolute Gasteiger partial charge is 0.471 e. The zero-order chi connectivity index (χ0) is 22.4. The molecule has 1 aromatic carbocycles. The van der Waals surface area contributed by atoms with Gasteiger partial charge in [-0.15, -0.1) is 0 Å². The summed E-state index contributed by atoms with van der Waals surface area (Å²) in [4.78, 5) is 16.6. The fourth-order valence-corrected chi connectivity index (χ4v) is 5.05. The monoisotopic (exact) mass is 445 g/mol. The van der Waals surface area contributed by atoms with Crippen LogP contribution in [0.5, 0.6) is 5.88 Å². The number of hydrogen-bond donors (Lipinski definition) is 1. The van der Waals surface area contributed by atoms with Gasteiger partial charge < -0.3 is 9.47 Å². The molecule has 9 heteroatoms. The van der Waals surface area contributed by atoms with Gasteiger partial charge in [0.2, 0.25) is 5.88 Å². The second-order valence-corrected chi connectivity index (χ2v) is 10.8. The van der Waals surface area contributed by atoms with Crippen molar-refractivity contribution < 1.29 is 22.7 Å². The third-order valence-electron chi connectivity index (χ3n) is 4.98. The van der Waals surface area contributed by atoms with Crippen molar-refractivity contribution in [1.29, 1.82) is 0 Å². The quantitative estimate of drug-likeness (QED) is 0.754. The van der Waals surface area contributed by atoms with Crippen LogP contribution in [0.15, 0.2) is 41.4 Å². The number of carbonyl (C=O) groups excluding carboxylic acids is 1. The summed E-state index contributed by atoms with van der Waals surface area (Å²) in [6, 6.07) is 8.65. The number of hydrogen-bond acceptors (Lipinski definition) is 6. The minimum atomic E-state index is -3.84. The number of rotatable bonds is 4. The Morgan fingerprint density at radius 2 is 2.00 bits per heavy atom. The second kappa shape index (κ2) is 7.71. The lowest BCUT2D eigenvalue weighted by Crippen LogP contribution is -2.42. The minimum Gasteiger partial charge on any atom is -0.471 e. The average Bonchev–Trinajstić information content (AvgIpc) is 3.51. The van der Waals surface area contributed by atoms with E-state index in [9.17, 15) is 13.2 Å². The van der Waals surface area contributed by atoms with E-state index in [-0.39, 0.29) is 29.1 Å². The Balaban J connectivity index is 1.67. The molecule has 2 aromatic rings. The lowest BCUT2D eigenvalue weighted by Gasteiger charge is -2.33. The van der Waals surface area contributed by atoms with Gasteiger partial charge in [0.15, 0.2) is 0 Å². The van der Waals surface area contributed by atoms with Gasteiger partial charge in [-0.1, -0.05) is 12.1 Å². The number of nitrogens with one attached hydrogen (secondary N) is 1. The number of sulfonamides is 1. The summed E-state index contributed by atoms with van der Waals surface area (Å²) in [5, 5.41) is 2.60. The van der Waals surface area contributed by atoms with Crippen molar-refractivity contribution in [2.45, 2.75) is 63.1 Å². The lowest BCUT2D eigenvalue weighted by molar-refractivity contribution is 0.0636. The molecule has 1 aromatic heterocycles. The maximum Gasteiger partial charge on any atom is 0.412 e. The normalized spacial score (nSPS) is 18.7. The SMILES string of the molecule is CC1CN(S(=O)(=O)c2cccc(C3CC3)c2)c2cc(NC(=O)OC(C)(C)C)cnc2O1. The molecule has 1 aliphatic heterocycles. The smallest absolute Gasteiger partial charge is 0.412 e. The van der Waals surface area contributed by atoms with E-state index in [4.69, 9.17) is 9.47 Å². The summed E-state index contributed by atoms with van der Waals surface area (Å²) in [6.45, 7) is 7.21. The molecule has 1 amide bonds. The van der Waals surface area contributed by atoms with E-state index in [1.54, 1.807) is 52.0 Å². The first-order valence-electron chi connectivity index (χ1n) is 10.3. The Morgan fingerprint density at radius 3 is 2.68 bits per heavy atom. The van der Waals surface area contributed by atoms with Crippen LogP contribution in [0, 0.1) is 0 Å². The molecule has 0 spiro atoms. The third kappa shape index (κ3) is 4.76. The van der Waals surface area contributed by atoms with Crippen molar-refractivity contribution >= 4 is 27.5 Å². The van der Waals surface area contributed by atoms with Crippen LogP contribution in [0.2, 0.25) is 0 Å². The van der Waals surface area contributed by atoms with Gasteiger partial charge in [-0.3, -0.25) is 9.62 Å². The summed E-state index contributed by atoms with van der Waals surface area (Å²) < 4.78 is 39.4. The molecular weight excluding hydrogens is 418 g/mol. The lowest BCUT2D eigenvalue weighted by atomic mass is 10.1. The molecule has 1 aliphatic carbocycles. The van der Waals surface area contributed by atoms with Crippen molar-refractivity contribution in [3.8, 4) is 5.88 Å². The number of carbonyl (C=O) groups is 1. The summed E-state index contributed by atoms with van der Waals surface area (Å²) in [5.74, 6) is 0.646. The molecule has 31 heavy (non-hydrogen) atoms. The highest BCUT2D eigenvalue weighted by atomic mass is 32.2. The number of ether oxygens (including phenoxy) is 2. The average molecular weight is 446 g/mol. The van der Waals surface area contributed by atoms with Gasteiger partial charge in [0.25, 0.3) is 10.0 Å². The summed E-state index contributed by atoms with van der Waals surface area (Å²) >= 11 is 0. The molecule has 0 bridgehead atoms. The van der Waals surface area contributed by atoms with Gasteiger partial charge >= 0.3 is 6.09 Å². The molecule has 2 aliphatic rings. The van der Waals surface area contributed by atoms with Gasteiger partial charge in [0, 0.05) is 0 Å². The van der Waals surface area contributed by atoms with Crippen LogP contribution in [0.1, 0.15) is 52.0 Å². The molecule has 2 heterocycles. The van der Waals surface area contributed by atoms with Gasteiger partial charge in [-0.25, -0.2) is 18.2 Å². The van der Waals surface area contributed by atoms with Crippen molar-refractivity contribution in [3.63, 3.8) is 0 Å². The number of pyridine rings is 1. The molecule has 1 N–H and O–H groups in total. The first kappa shape index (κ1) is 21.4. The fraction of sp³-hybridized carbons (Fsp3) is 0.455. The third-order valence-corrected chi connectivity index (χ3v) is 6.75. The Morgan fingerprint density at radius 1 is 1.26 bits per heavy atom. The number of amides is 1. The van der Waals surface area contributed by atoms with Crippen molar-refractivity contribution in [3.05, 3.63) is 42.1 Å². The standard InChI is InChI=1S/C22H27N3O5S/c1-14-13-25(31(27,28)18-7-5-6-16(10-18)15-8-9-15)19-11-17(12-23-20(19)29-14)24-21(26)30-22(2,3)4/h5-7,10-12,14-15H,8-9,13H2,1-4H3,(H,24,26). The first-order valence-corrected chi connectivity index (χ1v) is 11.8. The molecular formula is C22H27N3O5S. The van der Waals surface area contributed by atoms with Crippen LogP contribution in [0.25, 0.3) is 0 Å². The Bertz CT molecular complexity index is 1110. The molecule has 4 rings (SSSR count). The maximum absolute atomic E-state index is 13.5. The second-order valence-electron chi connectivity index (χ2n) is 8.99. The zero-order valence-corrected chi connectivity index (χ0v) is 18.9. The molecule has 0 saturated heterocycles. The highest BCUT2D eigenvalue weighted by Gasteiger charge is 2.35. The van der Waals surface area contributed by atoms with E-state index in [0.29, 0.717) is 11.6 Å². The number of fused-ring (bicyclic) bond motifs is 1. The van der Waals surface area contributed by atoms with Crippen LogP contribution < -0.4 is 14.4 Å². The van der Waals surface area contributed by atoms with E-state index in [2.05, 4.69) is 10.3 Å². The van der Waals surface area contributed by atoms with Gasteiger partial charge in [-0.2, -0.15) is 0 Å². The van der Waals surface area contributed by atoms with Gasteiger partial charge in [0.1, 0.15) is 17.4 Å². The number of benzene rings is 1. The molecule has 1 fully saturated rings. The minimum absolute atomic E-state index is 0.139. The van der Waals surface area contributed by atoms with Crippen molar-refractivity contribution in [2.24, 2.45) is 0 Å². The predicted molar refractivity (Wildman–Crippen MR) is 117 cm³/mol. The van der Waals surface area contributed by atoms with E-state index in [0.717, 1.165) is 18.4 Å². The summed E-state index contributed by atoms with van der Waals surface area (Å²) in [5.41, 5.74) is 0.981. The van der Waals surface area contributed by atoms with Gasteiger partial charge in [-0.05, 0) is 70.2 Å². The molecule has 166 valence electrons. The zero-order valence-electron chi connectivity index (χ0n) is 18.1. The van der Waals surface area contributed by atoms with Crippen LogP contribution in [0.4, 0.5) is 16.2 Å². The summed E-state index contributed by atoms with van der Waals surface area (Å²) in [6.07, 6.45) is 2.57. The summed E-state index contributed by atoms with van der Waals surface area (Å²) in [7, 11) is -3.84.